The second-order valence-electron chi connectivity index (χ2n) is 11.1. The van der Waals surface area contributed by atoms with Crippen molar-refractivity contribution in [3.8, 4) is 44.5 Å². The minimum atomic E-state index is 0.880. The van der Waals surface area contributed by atoms with Crippen LogP contribution >= 0.6 is 0 Å². The van der Waals surface area contributed by atoms with E-state index in [2.05, 4.69) is 128 Å². The van der Waals surface area contributed by atoms with Gasteiger partial charge in [0.2, 0.25) is 0 Å². The second-order valence-corrected chi connectivity index (χ2v) is 11.1. The van der Waals surface area contributed by atoms with Crippen molar-refractivity contribution in [2.45, 2.75) is 26.2 Å². The van der Waals surface area contributed by atoms with Gasteiger partial charge >= 0.3 is 0 Å². The smallest absolute Gasteiger partial charge is 0.0619 e. The monoisotopic (exact) mass is 511 g/mol. The van der Waals surface area contributed by atoms with Crippen LogP contribution in [0.15, 0.2) is 132 Å². The van der Waals surface area contributed by atoms with Gasteiger partial charge in [0.15, 0.2) is 0 Å². The van der Waals surface area contributed by atoms with Gasteiger partial charge in [-0.15, -0.1) is 0 Å². The molecule has 5 aromatic carbocycles. The number of hydrogen-bond donors (Lipinski definition) is 0. The normalized spacial score (nSPS) is 16.1. The fourth-order valence-corrected chi connectivity index (χ4v) is 6.58. The molecule has 1 nitrogen and oxygen atoms in total. The molecule has 0 amide bonds. The van der Waals surface area contributed by atoms with Crippen LogP contribution in [0.3, 0.4) is 0 Å². The zero-order valence-corrected chi connectivity index (χ0v) is 22.6. The Morgan fingerprint density at radius 2 is 1.27 bits per heavy atom. The van der Waals surface area contributed by atoms with Crippen LogP contribution in [0, 0.1) is 0 Å². The van der Waals surface area contributed by atoms with Crippen LogP contribution in [-0.2, 0) is 6.42 Å². The van der Waals surface area contributed by atoms with E-state index in [0.717, 1.165) is 30.7 Å². The summed E-state index contributed by atoms with van der Waals surface area (Å²) in [5.41, 5.74) is 16.6. The maximum Gasteiger partial charge on any atom is 0.0619 e. The van der Waals surface area contributed by atoms with E-state index in [1.807, 2.05) is 0 Å². The molecular weight excluding hydrogens is 482 g/mol. The molecule has 40 heavy (non-hydrogen) atoms. The molecule has 0 saturated carbocycles. The third-order valence-corrected chi connectivity index (χ3v) is 8.67. The van der Waals surface area contributed by atoms with Gasteiger partial charge in [-0.25, -0.2) is 0 Å². The van der Waals surface area contributed by atoms with Crippen molar-refractivity contribution in [3.05, 3.63) is 138 Å². The molecule has 3 aliphatic rings. The molecule has 1 heteroatoms. The van der Waals surface area contributed by atoms with Gasteiger partial charge < -0.3 is 0 Å². The number of rotatable bonds is 3. The predicted molar refractivity (Wildman–Crippen MR) is 170 cm³/mol. The highest BCUT2D eigenvalue weighted by molar-refractivity contribution is 6.18. The number of nitrogens with zero attached hydrogens (tertiary/aromatic N) is 1. The van der Waals surface area contributed by atoms with E-state index in [4.69, 9.17) is 4.99 Å². The van der Waals surface area contributed by atoms with Crippen molar-refractivity contribution < 1.29 is 0 Å². The third kappa shape index (κ3) is 3.73. The lowest BCUT2D eigenvalue weighted by Crippen LogP contribution is -2.07. The zero-order chi connectivity index (χ0) is 26.6. The summed E-state index contributed by atoms with van der Waals surface area (Å²) in [6.07, 6.45) is 12.1. The van der Waals surface area contributed by atoms with E-state index in [9.17, 15) is 0 Å². The quantitative estimate of drug-likeness (QED) is 0.224. The van der Waals surface area contributed by atoms with Crippen LogP contribution in [-0.4, -0.2) is 5.71 Å². The Labute approximate surface area is 235 Å². The molecule has 5 aromatic rings. The Morgan fingerprint density at radius 1 is 0.575 bits per heavy atom. The molecule has 0 atom stereocenters. The number of hydrogen-bond acceptors (Lipinski definition) is 1. The average molecular weight is 512 g/mol. The van der Waals surface area contributed by atoms with E-state index in [1.165, 1.54) is 72.0 Å². The Morgan fingerprint density at radius 3 is 2.10 bits per heavy atom. The van der Waals surface area contributed by atoms with Crippen molar-refractivity contribution in [2.24, 2.45) is 4.99 Å². The van der Waals surface area contributed by atoms with E-state index in [-0.39, 0.29) is 0 Å². The van der Waals surface area contributed by atoms with E-state index in [1.54, 1.807) is 0 Å². The molecule has 0 heterocycles. The first-order valence-electron chi connectivity index (χ1n) is 14.3. The van der Waals surface area contributed by atoms with Crippen LogP contribution in [0.4, 0.5) is 0 Å². The standard InChI is InChI=1S/C39H29N/c1-25-7-2-5-12-38(25)40-31-20-19-29-23-28(17-18-30(29)24-31)26-13-15-27(16-14-26)32-21-22-37-34-9-4-3-8-33(34)36-11-6-10-35(32)39(36)37/h3-4,6-23H,2,5,24H2,1H3/b40-31-. The molecule has 0 N–H and O–H groups in total. The highest BCUT2D eigenvalue weighted by Gasteiger charge is 2.22. The summed E-state index contributed by atoms with van der Waals surface area (Å²) >= 11 is 0. The minimum absolute atomic E-state index is 0.880. The van der Waals surface area contributed by atoms with Crippen molar-refractivity contribution >= 4 is 22.6 Å². The first-order chi connectivity index (χ1) is 19.7. The van der Waals surface area contributed by atoms with E-state index in [0.29, 0.717) is 0 Å². The molecular formula is C39H29N. The van der Waals surface area contributed by atoms with Crippen LogP contribution in [0.25, 0.3) is 61.4 Å². The van der Waals surface area contributed by atoms with Gasteiger partial charge in [0.1, 0.15) is 0 Å². The maximum absolute atomic E-state index is 4.96. The first-order valence-corrected chi connectivity index (χ1v) is 14.3. The molecule has 190 valence electrons. The fourth-order valence-electron chi connectivity index (χ4n) is 6.58. The number of fused-ring (bicyclic) bond motifs is 4. The first kappa shape index (κ1) is 23.2. The summed E-state index contributed by atoms with van der Waals surface area (Å²) in [6, 6.07) is 36.0. The second kappa shape index (κ2) is 9.17. The molecule has 0 unspecified atom stereocenters. The van der Waals surface area contributed by atoms with Gasteiger partial charge in [-0.3, -0.25) is 4.99 Å². The van der Waals surface area contributed by atoms with Gasteiger partial charge in [-0.2, -0.15) is 0 Å². The fraction of sp³-hybridized carbons (Fsp3) is 0.103. The summed E-state index contributed by atoms with van der Waals surface area (Å²) in [5, 5.41) is 2.70. The summed E-state index contributed by atoms with van der Waals surface area (Å²) in [6.45, 7) is 2.16. The van der Waals surface area contributed by atoms with Gasteiger partial charge in [0, 0.05) is 12.1 Å². The van der Waals surface area contributed by atoms with Gasteiger partial charge in [0.05, 0.1) is 5.70 Å². The highest BCUT2D eigenvalue weighted by atomic mass is 14.8. The zero-order valence-electron chi connectivity index (χ0n) is 22.6. The summed E-state index contributed by atoms with van der Waals surface area (Å²) < 4.78 is 0. The van der Waals surface area contributed by atoms with E-state index >= 15 is 0 Å². The molecule has 0 saturated heterocycles. The minimum Gasteiger partial charge on any atom is -0.253 e. The number of aliphatic imine (C=N–C) groups is 1. The van der Waals surface area contributed by atoms with Gasteiger partial charge in [-0.05, 0) is 104 Å². The largest absolute Gasteiger partial charge is 0.253 e. The molecule has 0 bridgehead atoms. The lowest BCUT2D eigenvalue weighted by atomic mass is 9.91. The molecule has 0 spiro atoms. The molecule has 8 rings (SSSR count). The van der Waals surface area contributed by atoms with Gasteiger partial charge in [0.25, 0.3) is 0 Å². The third-order valence-electron chi connectivity index (χ3n) is 8.67. The van der Waals surface area contributed by atoms with Gasteiger partial charge in [-0.1, -0.05) is 109 Å². The summed E-state index contributed by atoms with van der Waals surface area (Å²) in [7, 11) is 0. The van der Waals surface area contributed by atoms with Crippen molar-refractivity contribution in [1.82, 2.24) is 0 Å². The van der Waals surface area contributed by atoms with Crippen LogP contribution in [0.5, 0.6) is 0 Å². The Kier molecular flexibility index (Phi) is 5.31. The number of allylic oxidation sites excluding steroid dienone is 4. The predicted octanol–water partition coefficient (Wildman–Crippen LogP) is 10.5. The molecule has 0 radical (unpaired) electrons. The molecule has 0 aliphatic heterocycles. The highest BCUT2D eigenvalue weighted by Crippen LogP contribution is 2.49. The lowest BCUT2D eigenvalue weighted by molar-refractivity contribution is 0.981. The average Bonchev–Trinajstić information content (AvgIpc) is 3.34. The van der Waals surface area contributed by atoms with Crippen LogP contribution < -0.4 is 0 Å². The maximum atomic E-state index is 4.96. The molecule has 0 aromatic heterocycles. The van der Waals surface area contributed by atoms with Crippen molar-refractivity contribution in [1.29, 1.82) is 0 Å². The lowest BCUT2D eigenvalue weighted by Gasteiger charge is -2.16. The molecule has 3 aliphatic carbocycles. The van der Waals surface area contributed by atoms with Crippen LogP contribution in [0.1, 0.15) is 30.9 Å². The number of benzene rings is 5. The Balaban J connectivity index is 1.10. The molecule has 0 fully saturated rings. The summed E-state index contributed by atoms with van der Waals surface area (Å²) in [4.78, 5) is 4.96. The van der Waals surface area contributed by atoms with Crippen molar-refractivity contribution in [3.63, 3.8) is 0 Å². The Bertz CT molecular complexity index is 1930. The summed E-state index contributed by atoms with van der Waals surface area (Å²) in [5.74, 6) is 0. The van der Waals surface area contributed by atoms with E-state index < -0.39 is 0 Å². The SMILES string of the molecule is CC1=CCCC=C1/N=C1/C=Cc2cc(-c3ccc(-c4ccc5c6c(cccc46)-c4ccccc4-5)cc3)ccc2C1. The Hall–Kier alpha value is -4.75. The van der Waals surface area contributed by atoms with Crippen molar-refractivity contribution in [2.75, 3.05) is 0 Å². The topological polar surface area (TPSA) is 12.4 Å². The van der Waals surface area contributed by atoms with Crippen LogP contribution in [0.2, 0.25) is 0 Å².